The molecule has 14 heteroatoms. The van der Waals surface area contributed by atoms with Crippen molar-refractivity contribution in [3.63, 3.8) is 0 Å². The molecule has 0 bridgehead atoms. The zero-order chi connectivity index (χ0) is 43.6. The zero-order valence-corrected chi connectivity index (χ0v) is 37.2. The maximum Gasteiger partial charge on any atom is 0.397 e. The summed E-state index contributed by atoms with van der Waals surface area (Å²) >= 11 is 0. The molecule has 0 spiro atoms. The third-order valence-corrected chi connectivity index (χ3v) is 11.3. The lowest BCUT2D eigenvalue weighted by Gasteiger charge is -2.41. The van der Waals surface area contributed by atoms with Gasteiger partial charge in [-0.3, -0.25) is 9.35 Å². The molecule has 1 aliphatic heterocycles. The number of hydrogen-bond donors (Lipinski definition) is 7. The van der Waals surface area contributed by atoms with E-state index in [0.29, 0.717) is 12.8 Å². The Morgan fingerprint density at radius 1 is 0.695 bits per heavy atom. The number of nitrogens with one attached hydrogen (secondary N) is 1. The van der Waals surface area contributed by atoms with E-state index in [1.165, 1.54) is 96.0 Å². The Bertz CT molecular complexity index is 1220. The molecule has 1 heterocycles. The van der Waals surface area contributed by atoms with Crippen molar-refractivity contribution in [3.05, 3.63) is 36.5 Å². The van der Waals surface area contributed by atoms with Gasteiger partial charge in [-0.25, -0.2) is 4.18 Å². The van der Waals surface area contributed by atoms with Crippen molar-refractivity contribution in [2.24, 2.45) is 0 Å². The fourth-order valence-corrected chi connectivity index (χ4v) is 7.61. The first-order valence-electron chi connectivity index (χ1n) is 23.0. The topological polar surface area (TPSA) is 212 Å². The Labute approximate surface area is 357 Å². The third kappa shape index (κ3) is 28.5. The molecule has 346 valence electrons. The second kappa shape index (κ2) is 35.8. The average molecular weight is 862 g/mol. The number of aliphatic hydroxyl groups is 5. The number of amides is 1. The first-order chi connectivity index (χ1) is 28.4. The third-order valence-electron chi connectivity index (χ3n) is 10.8. The highest BCUT2D eigenvalue weighted by atomic mass is 32.3. The van der Waals surface area contributed by atoms with Crippen LogP contribution in [-0.2, 0) is 28.9 Å². The molecule has 0 aliphatic carbocycles. The minimum atomic E-state index is -5.12. The molecule has 1 amide bonds. The van der Waals surface area contributed by atoms with Crippen LogP contribution in [0.25, 0.3) is 0 Å². The van der Waals surface area contributed by atoms with Crippen molar-refractivity contribution in [1.29, 1.82) is 0 Å². The Morgan fingerprint density at radius 3 is 1.66 bits per heavy atom. The summed E-state index contributed by atoms with van der Waals surface area (Å²) in [6.45, 7) is 3.17. The lowest BCUT2D eigenvalue weighted by Crippen LogP contribution is -2.61. The van der Waals surface area contributed by atoms with E-state index in [2.05, 4.69) is 47.7 Å². The van der Waals surface area contributed by atoms with Gasteiger partial charge in [0, 0.05) is 0 Å². The lowest BCUT2D eigenvalue weighted by atomic mass is 9.99. The molecule has 1 aliphatic rings. The van der Waals surface area contributed by atoms with Gasteiger partial charge in [-0.2, -0.15) is 8.42 Å². The van der Waals surface area contributed by atoms with Gasteiger partial charge in [-0.15, -0.1) is 0 Å². The van der Waals surface area contributed by atoms with Crippen molar-refractivity contribution < 1.29 is 57.0 Å². The van der Waals surface area contributed by atoms with E-state index in [1.807, 2.05) is 6.08 Å². The number of carbonyl (C=O) groups excluding carboxylic acids is 1. The van der Waals surface area contributed by atoms with Crippen LogP contribution in [0.2, 0.25) is 0 Å². The van der Waals surface area contributed by atoms with Crippen molar-refractivity contribution in [2.45, 2.75) is 230 Å². The van der Waals surface area contributed by atoms with Gasteiger partial charge in [-0.05, 0) is 44.9 Å². The molecule has 0 aromatic rings. The summed E-state index contributed by atoms with van der Waals surface area (Å²) in [5.41, 5.74) is 0. The number of ether oxygens (including phenoxy) is 2. The van der Waals surface area contributed by atoms with E-state index in [-0.39, 0.29) is 6.42 Å². The zero-order valence-electron chi connectivity index (χ0n) is 36.4. The van der Waals surface area contributed by atoms with E-state index >= 15 is 0 Å². The molecule has 0 aromatic carbocycles. The van der Waals surface area contributed by atoms with E-state index in [9.17, 15) is 43.3 Å². The predicted molar refractivity (Wildman–Crippen MR) is 233 cm³/mol. The average Bonchev–Trinajstić information content (AvgIpc) is 3.20. The largest absolute Gasteiger partial charge is 0.397 e. The summed E-state index contributed by atoms with van der Waals surface area (Å²) < 4.78 is 47.5. The van der Waals surface area contributed by atoms with E-state index in [1.54, 1.807) is 0 Å². The fraction of sp³-hybridized carbons (Fsp3) is 0.844. The molecule has 1 rings (SSSR count). The van der Waals surface area contributed by atoms with Crippen molar-refractivity contribution in [1.82, 2.24) is 5.32 Å². The minimum absolute atomic E-state index is 0.225. The van der Waals surface area contributed by atoms with Crippen molar-refractivity contribution >= 4 is 16.3 Å². The van der Waals surface area contributed by atoms with Gasteiger partial charge in [0.1, 0.15) is 30.5 Å². The Hall–Kier alpha value is -1.72. The van der Waals surface area contributed by atoms with Crippen LogP contribution in [0.1, 0.15) is 181 Å². The number of unbranched alkanes of at least 4 members (excludes halogenated alkanes) is 22. The summed E-state index contributed by atoms with van der Waals surface area (Å²) in [6.07, 6.45) is 29.3. The summed E-state index contributed by atoms with van der Waals surface area (Å²) in [4.78, 5) is 13.1. The number of rotatable bonds is 38. The van der Waals surface area contributed by atoms with E-state index < -0.39 is 78.5 Å². The number of hydrogen-bond acceptors (Lipinski definition) is 11. The summed E-state index contributed by atoms with van der Waals surface area (Å²) in [6, 6.07) is -1.12. The van der Waals surface area contributed by atoms with E-state index in [0.717, 1.165) is 57.8 Å². The number of carbonyl (C=O) groups is 1. The van der Waals surface area contributed by atoms with Crippen LogP contribution in [0.5, 0.6) is 0 Å². The fourth-order valence-electron chi connectivity index (χ4n) is 7.10. The van der Waals surface area contributed by atoms with Crippen molar-refractivity contribution in [2.75, 3.05) is 13.2 Å². The highest BCUT2D eigenvalue weighted by Crippen LogP contribution is 2.26. The Balaban J connectivity index is 2.62. The SMILES string of the molecule is CCCCC/C=C\C=C/CCCCCCCC(O)C(=O)NC(COC1OC(CO)C(O)C(OS(=O)(=O)O)C1O)C(O)/C=C/CCCCCCCCCCCCCCCC. The predicted octanol–water partition coefficient (Wildman–Crippen LogP) is 7.69. The maximum absolute atomic E-state index is 13.1. The van der Waals surface area contributed by atoms with Crippen LogP contribution in [0, 0.1) is 0 Å². The number of allylic oxidation sites excluding steroid dienone is 5. The molecule has 8 atom stereocenters. The summed E-state index contributed by atoms with van der Waals surface area (Å²) in [5.74, 6) is -0.715. The highest BCUT2D eigenvalue weighted by Gasteiger charge is 2.48. The van der Waals surface area contributed by atoms with Gasteiger partial charge in [0.15, 0.2) is 6.29 Å². The molecule has 8 unspecified atom stereocenters. The molecule has 7 N–H and O–H groups in total. The standard InChI is InChI=1S/C45H83NO12S/c1-3-5-7-9-11-13-15-17-19-20-22-23-25-27-29-31-33-38(48)37(36-56-45-42(51)43(58-59(53,54)55)41(50)40(35-47)57-45)46-44(52)39(49)34-32-30-28-26-24-21-18-16-14-12-10-8-6-4-2/h12,14,16,18,31,33,37-43,45,47-51H,3-11,13,15,17,19-30,32,34-36H2,1-2H3,(H,46,52)(H,53,54,55)/b14-12-,18-16-,33-31+. The summed E-state index contributed by atoms with van der Waals surface area (Å²) in [7, 11) is -5.12. The van der Waals surface area contributed by atoms with Crippen LogP contribution in [0.15, 0.2) is 36.5 Å². The molecule has 0 aromatic heterocycles. The summed E-state index contributed by atoms with van der Waals surface area (Å²) in [5, 5.41) is 55.1. The molecular weight excluding hydrogens is 779 g/mol. The quantitative estimate of drug-likeness (QED) is 0.0138. The van der Waals surface area contributed by atoms with Gasteiger partial charge < -0.3 is 40.3 Å². The first kappa shape index (κ1) is 55.3. The molecule has 1 saturated heterocycles. The minimum Gasteiger partial charge on any atom is -0.394 e. The smallest absolute Gasteiger partial charge is 0.394 e. The number of aliphatic hydroxyl groups excluding tert-OH is 5. The maximum atomic E-state index is 13.1. The Morgan fingerprint density at radius 2 is 1.15 bits per heavy atom. The second-order valence-corrected chi connectivity index (χ2v) is 17.2. The lowest BCUT2D eigenvalue weighted by molar-refractivity contribution is -0.298. The molecule has 0 saturated carbocycles. The molecular formula is C45H83NO12S. The van der Waals surface area contributed by atoms with Gasteiger partial charge in [-0.1, -0.05) is 172 Å². The van der Waals surface area contributed by atoms with E-state index in [4.69, 9.17) is 9.47 Å². The second-order valence-electron chi connectivity index (χ2n) is 16.2. The van der Waals surface area contributed by atoms with Crippen LogP contribution < -0.4 is 5.32 Å². The molecule has 0 radical (unpaired) electrons. The van der Waals surface area contributed by atoms with Crippen LogP contribution in [0.3, 0.4) is 0 Å². The highest BCUT2D eigenvalue weighted by molar-refractivity contribution is 7.80. The van der Waals surface area contributed by atoms with Gasteiger partial charge >= 0.3 is 10.4 Å². The van der Waals surface area contributed by atoms with Crippen molar-refractivity contribution in [3.8, 4) is 0 Å². The first-order valence-corrected chi connectivity index (χ1v) is 24.4. The monoisotopic (exact) mass is 862 g/mol. The van der Waals surface area contributed by atoms with Crippen LogP contribution >= 0.6 is 0 Å². The van der Waals surface area contributed by atoms with Gasteiger partial charge in [0.25, 0.3) is 0 Å². The molecule has 59 heavy (non-hydrogen) atoms. The Kier molecular flexibility index (Phi) is 33.6. The van der Waals surface area contributed by atoms with Crippen LogP contribution in [0.4, 0.5) is 0 Å². The van der Waals surface area contributed by atoms with Gasteiger partial charge in [0.05, 0.1) is 25.4 Å². The van der Waals surface area contributed by atoms with Gasteiger partial charge in [0.2, 0.25) is 5.91 Å². The van der Waals surface area contributed by atoms with Crippen LogP contribution in [-0.4, -0.2) is 107 Å². The molecule has 1 fully saturated rings. The molecule has 13 nitrogen and oxygen atoms in total. The normalized spacial score (nSPS) is 21.8.